The standard InChI is InChI=1S/C28H34N2O4S2.ClH/c1-20(2)19-35-27-17-24(13-14-25(27)28(32)30-36(3,33)34)22-11-9-21(10-12-22)15-16-29-18-26(31)23-7-5-4-6-8-23;/h4-14,17,20,26,29,31H,15-16,18-19H2,1-3H3,(H,30,32);1H/t26-;/m1./s1. The molecule has 9 heteroatoms. The number of amides is 1. The van der Waals surface area contributed by atoms with Crippen LogP contribution in [0, 0.1) is 5.92 Å². The number of rotatable bonds is 12. The van der Waals surface area contributed by atoms with E-state index in [1.807, 2.05) is 42.5 Å². The van der Waals surface area contributed by atoms with Crippen molar-refractivity contribution in [2.75, 3.05) is 25.1 Å². The zero-order valence-electron chi connectivity index (χ0n) is 21.3. The van der Waals surface area contributed by atoms with Crippen LogP contribution in [-0.4, -0.2) is 44.5 Å². The van der Waals surface area contributed by atoms with Gasteiger partial charge in [0.05, 0.1) is 17.9 Å². The maximum Gasteiger partial charge on any atom is 0.265 e. The largest absolute Gasteiger partial charge is 0.387 e. The van der Waals surface area contributed by atoms with Gasteiger partial charge in [0.25, 0.3) is 5.91 Å². The van der Waals surface area contributed by atoms with Crippen molar-refractivity contribution in [3.63, 3.8) is 0 Å². The van der Waals surface area contributed by atoms with E-state index in [4.69, 9.17) is 0 Å². The van der Waals surface area contributed by atoms with Crippen LogP contribution >= 0.6 is 24.2 Å². The SMILES string of the molecule is CC(C)CSc1cc(-c2ccc(CCNC[C@@H](O)c3ccccc3)cc2)ccc1C(=O)NS(C)(=O)=O.Cl. The van der Waals surface area contributed by atoms with Crippen LogP contribution in [0.25, 0.3) is 11.1 Å². The predicted octanol–water partition coefficient (Wildman–Crippen LogP) is 5.08. The van der Waals surface area contributed by atoms with Crippen molar-refractivity contribution in [1.82, 2.24) is 10.0 Å². The van der Waals surface area contributed by atoms with Crippen LogP contribution in [0.15, 0.2) is 77.7 Å². The maximum absolute atomic E-state index is 12.5. The van der Waals surface area contributed by atoms with Gasteiger partial charge in [-0.3, -0.25) is 4.79 Å². The Labute approximate surface area is 230 Å². The van der Waals surface area contributed by atoms with Gasteiger partial charge in [-0.05, 0) is 53.3 Å². The lowest BCUT2D eigenvalue weighted by Gasteiger charge is -2.13. The van der Waals surface area contributed by atoms with Crippen LogP contribution in [0.1, 0.15) is 41.4 Å². The Morgan fingerprint density at radius 1 is 0.973 bits per heavy atom. The van der Waals surface area contributed by atoms with Crippen LogP contribution in [0.4, 0.5) is 0 Å². The van der Waals surface area contributed by atoms with Crippen molar-refractivity contribution >= 4 is 40.1 Å². The van der Waals surface area contributed by atoms with Crippen molar-refractivity contribution in [2.45, 2.75) is 31.3 Å². The van der Waals surface area contributed by atoms with Gasteiger partial charge in [0.15, 0.2) is 0 Å². The Bertz CT molecular complexity index is 1250. The Morgan fingerprint density at radius 3 is 2.24 bits per heavy atom. The number of thioether (sulfide) groups is 1. The molecular formula is C28H35ClN2O4S2. The predicted molar refractivity (Wildman–Crippen MR) is 155 cm³/mol. The maximum atomic E-state index is 12.5. The van der Waals surface area contributed by atoms with Crippen LogP contribution in [-0.2, 0) is 16.4 Å². The molecule has 6 nitrogen and oxygen atoms in total. The molecule has 0 bridgehead atoms. The van der Waals surface area contributed by atoms with Gasteiger partial charge in [-0.25, -0.2) is 13.1 Å². The van der Waals surface area contributed by atoms with Crippen LogP contribution < -0.4 is 10.0 Å². The first-order chi connectivity index (χ1) is 17.1. The Morgan fingerprint density at radius 2 is 1.62 bits per heavy atom. The minimum absolute atomic E-state index is 0. The molecule has 0 unspecified atom stereocenters. The highest BCUT2D eigenvalue weighted by Gasteiger charge is 2.17. The third kappa shape index (κ3) is 10.1. The zero-order chi connectivity index (χ0) is 26.1. The fourth-order valence-corrected chi connectivity index (χ4v) is 5.10. The highest BCUT2D eigenvalue weighted by molar-refractivity contribution is 7.99. The molecule has 1 atom stereocenters. The van der Waals surface area contributed by atoms with Crippen molar-refractivity contribution in [3.8, 4) is 11.1 Å². The normalized spacial score (nSPS) is 12.1. The number of aliphatic hydroxyl groups is 1. The molecular weight excluding hydrogens is 528 g/mol. The molecule has 3 aromatic rings. The van der Waals surface area contributed by atoms with Crippen molar-refractivity contribution in [2.24, 2.45) is 5.92 Å². The summed E-state index contributed by atoms with van der Waals surface area (Å²) in [4.78, 5) is 13.3. The number of halogens is 1. The highest BCUT2D eigenvalue weighted by atomic mass is 35.5. The molecule has 0 radical (unpaired) electrons. The topological polar surface area (TPSA) is 95.5 Å². The molecule has 0 aliphatic rings. The lowest BCUT2D eigenvalue weighted by atomic mass is 10.0. The molecule has 0 aliphatic carbocycles. The number of nitrogens with one attached hydrogen (secondary N) is 2. The number of hydrogen-bond donors (Lipinski definition) is 3. The number of sulfonamides is 1. The summed E-state index contributed by atoms with van der Waals surface area (Å²) >= 11 is 1.55. The van der Waals surface area contributed by atoms with Gasteiger partial charge >= 0.3 is 0 Å². The van der Waals surface area contributed by atoms with E-state index in [1.165, 1.54) is 5.56 Å². The molecule has 0 saturated carbocycles. The van der Waals surface area contributed by atoms with Gasteiger partial charge in [0, 0.05) is 17.2 Å². The third-order valence-corrected chi connectivity index (χ3v) is 7.51. The number of hydrogen-bond acceptors (Lipinski definition) is 6. The summed E-state index contributed by atoms with van der Waals surface area (Å²) in [5.41, 5.74) is 4.43. The zero-order valence-corrected chi connectivity index (χ0v) is 23.8. The monoisotopic (exact) mass is 562 g/mol. The summed E-state index contributed by atoms with van der Waals surface area (Å²) in [5, 5.41) is 13.6. The summed E-state index contributed by atoms with van der Waals surface area (Å²) in [6, 6.07) is 23.4. The number of carbonyl (C=O) groups excluding carboxylic acids is 1. The fraction of sp³-hybridized carbons (Fsp3) is 0.321. The molecule has 3 N–H and O–H groups in total. The molecule has 37 heavy (non-hydrogen) atoms. The summed E-state index contributed by atoms with van der Waals surface area (Å²) < 4.78 is 25.2. The van der Waals surface area contributed by atoms with Crippen molar-refractivity contribution in [1.29, 1.82) is 0 Å². The van der Waals surface area contributed by atoms with Crippen molar-refractivity contribution in [3.05, 3.63) is 89.5 Å². The first-order valence-electron chi connectivity index (χ1n) is 11.9. The summed E-state index contributed by atoms with van der Waals surface area (Å²) in [6.45, 7) is 5.45. The second kappa shape index (κ2) is 14.5. The molecule has 0 heterocycles. The molecule has 0 spiro atoms. The quantitative estimate of drug-likeness (QED) is 0.210. The Balaban J connectivity index is 0.00000481. The second-order valence-corrected chi connectivity index (χ2v) is 12.0. The molecule has 0 aromatic heterocycles. The van der Waals surface area contributed by atoms with Crippen LogP contribution in [0.5, 0.6) is 0 Å². The molecule has 0 fully saturated rings. The molecule has 0 aliphatic heterocycles. The average Bonchev–Trinajstić information content (AvgIpc) is 2.85. The number of benzene rings is 3. The minimum Gasteiger partial charge on any atom is -0.387 e. The van der Waals surface area contributed by atoms with E-state index >= 15 is 0 Å². The number of carbonyl (C=O) groups is 1. The Hall–Kier alpha value is -2.36. The minimum atomic E-state index is -3.64. The summed E-state index contributed by atoms with van der Waals surface area (Å²) in [6.07, 6.45) is 1.28. The van der Waals surface area contributed by atoms with E-state index in [1.54, 1.807) is 17.8 Å². The average molecular weight is 563 g/mol. The highest BCUT2D eigenvalue weighted by Crippen LogP contribution is 2.30. The van der Waals surface area contributed by atoms with E-state index < -0.39 is 22.0 Å². The first-order valence-corrected chi connectivity index (χ1v) is 14.8. The van der Waals surface area contributed by atoms with E-state index in [0.29, 0.717) is 18.0 Å². The lowest BCUT2D eigenvalue weighted by Crippen LogP contribution is -2.29. The number of aliphatic hydroxyl groups excluding tert-OH is 1. The molecule has 0 saturated heterocycles. The first kappa shape index (κ1) is 30.9. The van der Waals surface area contributed by atoms with E-state index in [-0.39, 0.29) is 12.4 Å². The smallest absolute Gasteiger partial charge is 0.265 e. The molecule has 200 valence electrons. The Kier molecular flexibility index (Phi) is 12.1. The third-order valence-electron chi connectivity index (χ3n) is 5.48. The van der Waals surface area contributed by atoms with Gasteiger partial charge in [-0.2, -0.15) is 0 Å². The van der Waals surface area contributed by atoms with Gasteiger partial charge in [0.2, 0.25) is 10.0 Å². The summed E-state index contributed by atoms with van der Waals surface area (Å²) in [5.74, 6) is 0.620. The van der Waals surface area contributed by atoms with Crippen molar-refractivity contribution < 1.29 is 18.3 Å². The van der Waals surface area contributed by atoms with Gasteiger partial charge < -0.3 is 10.4 Å². The van der Waals surface area contributed by atoms with E-state index in [9.17, 15) is 18.3 Å². The second-order valence-electron chi connectivity index (χ2n) is 9.20. The summed E-state index contributed by atoms with van der Waals surface area (Å²) in [7, 11) is -3.64. The van der Waals surface area contributed by atoms with Gasteiger partial charge in [0.1, 0.15) is 0 Å². The van der Waals surface area contributed by atoms with Gasteiger partial charge in [-0.1, -0.05) is 74.5 Å². The lowest BCUT2D eigenvalue weighted by molar-refractivity contribution is 0.0979. The van der Waals surface area contributed by atoms with E-state index in [2.05, 4.69) is 48.2 Å². The van der Waals surface area contributed by atoms with Gasteiger partial charge in [-0.15, -0.1) is 24.2 Å². The fourth-order valence-electron chi connectivity index (χ4n) is 3.62. The molecule has 3 rings (SSSR count). The van der Waals surface area contributed by atoms with Crippen LogP contribution in [0.3, 0.4) is 0 Å². The molecule has 1 amide bonds. The van der Waals surface area contributed by atoms with Crippen LogP contribution in [0.2, 0.25) is 0 Å². The van der Waals surface area contributed by atoms with E-state index in [0.717, 1.165) is 46.6 Å². The molecule has 3 aromatic carbocycles.